The Labute approximate surface area is 160 Å². The van der Waals surface area contributed by atoms with Gasteiger partial charge in [-0.1, -0.05) is 31.2 Å². The van der Waals surface area contributed by atoms with Crippen molar-refractivity contribution in [2.45, 2.75) is 25.8 Å². The van der Waals surface area contributed by atoms with Crippen molar-refractivity contribution >= 4 is 16.6 Å². The van der Waals surface area contributed by atoms with Gasteiger partial charge in [-0.15, -0.1) is 10.2 Å². The summed E-state index contributed by atoms with van der Waals surface area (Å²) in [5.74, 6) is 1.72. The van der Waals surface area contributed by atoms with E-state index in [0.717, 1.165) is 46.7 Å². The molecule has 5 heteroatoms. The first-order valence-electron chi connectivity index (χ1n) is 9.67. The Hall–Kier alpha value is -2.66. The Bertz CT molecular complexity index is 910. The first-order valence-corrected chi connectivity index (χ1v) is 9.67. The number of benzene rings is 2. The first kappa shape index (κ1) is 17.7. The third-order valence-corrected chi connectivity index (χ3v) is 5.34. The molecule has 1 aromatic heterocycles. The van der Waals surface area contributed by atoms with Crippen LogP contribution in [0.4, 0.5) is 5.82 Å². The number of nitrogens with zero attached hydrogens (tertiary/aromatic N) is 3. The minimum atomic E-state index is 0.420. The van der Waals surface area contributed by atoms with Crippen molar-refractivity contribution < 1.29 is 4.74 Å². The molecule has 1 fully saturated rings. The van der Waals surface area contributed by atoms with Gasteiger partial charge in [0, 0.05) is 28.9 Å². The summed E-state index contributed by atoms with van der Waals surface area (Å²) in [5.41, 5.74) is 1.94. The topological polar surface area (TPSA) is 50.3 Å². The van der Waals surface area contributed by atoms with Crippen molar-refractivity contribution in [1.29, 1.82) is 0 Å². The van der Waals surface area contributed by atoms with Crippen LogP contribution in [0.25, 0.3) is 22.0 Å². The molecule has 0 aliphatic carbocycles. The summed E-state index contributed by atoms with van der Waals surface area (Å²) in [6.07, 6.45) is 2.40. The smallest absolute Gasteiger partial charge is 0.156 e. The fraction of sp³-hybridized carbons (Fsp3) is 0.364. The number of fused-ring (bicyclic) bond motifs is 1. The molecule has 3 aromatic rings. The van der Waals surface area contributed by atoms with E-state index in [9.17, 15) is 0 Å². The van der Waals surface area contributed by atoms with Crippen molar-refractivity contribution in [2.24, 2.45) is 0 Å². The van der Waals surface area contributed by atoms with Gasteiger partial charge < -0.3 is 15.0 Å². The van der Waals surface area contributed by atoms with Crippen molar-refractivity contribution in [1.82, 2.24) is 15.1 Å². The van der Waals surface area contributed by atoms with Gasteiger partial charge in [0.2, 0.25) is 0 Å². The van der Waals surface area contributed by atoms with Crippen LogP contribution in [0.2, 0.25) is 0 Å². The Morgan fingerprint density at radius 2 is 1.85 bits per heavy atom. The van der Waals surface area contributed by atoms with E-state index < -0.39 is 0 Å². The zero-order chi connectivity index (χ0) is 18.6. The van der Waals surface area contributed by atoms with Crippen LogP contribution < -0.4 is 10.1 Å². The summed E-state index contributed by atoms with van der Waals surface area (Å²) in [6.45, 7) is 5.58. The van der Waals surface area contributed by atoms with Gasteiger partial charge in [-0.25, -0.2) is 0 Å². The van der Waals surface area contributed by atoms with Crippen molar-refractivity contribution in [3.05, 3.63) is 48.5 Å². The highest BCUT2D eigenvalue weighted by atomic mass is 16.5. The van der Waals surface area contributed by atoms with E-state index in [0.29, 0.717) is 6.04 Å². The second kappa shape index (κ2) is 7.92. The number of anilines is 1. The molecule has 27 heavy (non-hydrogen) atoms. The number of ether oxygens (including phenoxy) is 1. The average Bonchev–Trinajstić information content (AvgIpc) is 2.74. The van der Waals surface area contributed by atoms with Crippen LogP contribution in [-0.2, 0) is 0 Å². The number of hydrogen-bond acceptors (Lipinski definition) is 5. The summed E-state index contributed by atoms with van der Waals surface area (Å²) >= 11 is 0. The van der Waals surface area contributed by atoms with Gasteiger partial charge in [0.25, 0.3) is 0 Å². The number of aromatic nitrogens is 2. The third kappa shape index (κ3) is 3.74. The van der Waals surface area contributed by atoms with Crippen LogP contribution in [0.1, 0.15) is 19.8 Å². The quantitative estimate of drug-likeness (QED) is 0.737. The summed E-state index contributed by atoms with van der Waals surface area (Å²) in [7, 11) is 1.68. The molecule has 0 bridgehead atoms. The van der Waals surface area contributed by atoms with Gasteiger partial charge in [-0.2, -0.15) is 0 Å². The predicted octanol–water partition coefficient (Wildman–Crippen LogP) is 4.20. The van der Waals surface area contributed by atoms with E-state index >= 15 is 0 Å². The molecule has 1 aliphatic heterocycles. The van der Waals surface area contributed by atoms with E-state index in [1.807, 2.05) is 24.3 Å². The molecule has 0 saturated carbocycles. The van der Waals surface area contributed by atoms with E-state index in [1.165, 1.54) is 19.4 Å². The number of piperidine rings is 1. The average molecular weight is 362 g/mol. The van der Waals surface area contributed by atoms with Crippen molar-refractivity contribution in [3.63, 3.8) is 0 Å². The highest BCUT2D eigenvalue weighted by molar-refractivity contribution is 6.00. The summed E-state index contributed by atoms with van der Waals surface area (Å²) < 4.78 is 5.26. The first-order chi connectivity index (χ1) is 13.3. The molecule has 1 atom stereocenters. The fourth-order valence-electron chi connectivity index (χ4n) is 3.83. The Morgan fingerprint density at radius 3 is 2.59 bits per heavy atom. The molecule has 1 aliphatic rings. The molecule has 0 amide bonds. The van der Waals surface area contributed by atoms with E-state index in [1.54, 1.807) is 7.11 Å². The third-order valence-electron chi connectivity index (χ3n) is 5.34. The van der Waals surface area contributed by atoms with Crippen LogP contribution in [-0.4, -0.2) is 47.9 Å². The summed E-state index contributed by atoms with van der Waals surface area (Å²) in [4.78, 5) is 2.49. The van der Waals surface area contributed by atoms with Gasteiger partial charge in [0.15, 0.2) is 5.82 Å². The molecular formula is C22H26N4O. The maximum Gasteiger partial charge on any atom is 0.156 e. The number of nitrogens with one attached hydrogen (secondary N) is 1. The fourth-order valence-corrected chi connectivity index (χ4v) is 3.83. The number of likely N-dealkylation sites (N-methyl/N-ethyl adjacent to an activating group) is 1. The summed E-state index contributed by atoms with van der Waals surface area (Å²) in [5, 5.41) is 15.0. The van der Waals surface area contributed by atoms with Crippen molar-refractivity contribution in [2.75, 3.05) is 32.1 Å². The number of hydrogen-bond donors (Lipinski definition) is 1. The van der Waals surface area contributed by atoms with Gasteiger partial charge in [-0.3, -0.25) is 0 Å². The van der Waals surface area contributed by atoms with Gasteiger partial charge in [0.05, 0.1) is 7.11 Å². The van der Waals surface area contributed by atoms with Gasteiger partial charge >= 0.3 is 0 Å². The normalized spacial score (nSPS) is 17.8. The zero-order valence-electron chi connectivity index (χ0n) is 16.0. The summed E-state index contributed by atoms with van der Waals surface area (Å²) in [6, 6.07) is 16.8. The molecule has 5 nitrogen and oxygen atoms in total. The van der Waals surface area contributed by atoms with Gasteiger partial charge in [0.1, 0.15) is 11.4 Å². The molecule has 0 radical (unpaired) electrons. The van der Waals surface area contributed by atoms with Crippen LogP contribution in [0.15, 0.2) is 48.5 Å². The van der Waals surface area contributed by atoms with E-state index in [4.69, 9.17) is 4.74 Å². The highest BCUT2D eigenvalue weighted by Crippen LogP contribution is 2.31. The SMILES string of the molecule is CCN1CCCC(Nc2nnc(-c3ccc(OC)cc3)c3ccccc23)C1. The Morgan fingerprint density at radius 1 is 1.07 bits per heavy atom. The Balaban J connectivity index is 1.67. The minimum absolute atomic E-state index is 0.420. The van der Waals surface area contributed by atoms with Crippen LogP contribution >= 0.6 is 0 Å². The maximum absolute atomic E-state index is 5.26. The lowest BCUT2D eigenvalue weighted by atomic mass is 10.0. The standard InChI is InChI=1S/C22H26N4O/c1-3-26-14-6-7-17(15-26)23-22-20-9-5-4-8-19(20)21(24-25-22)16-10-12-18(27-2)13-11-16/h4-5,8-13,17H,3,6-7,14-15H2,1-2H3,(H,23,25). The lowest BCUT2D eigenvalue weighted by Gasteiger charge is -2.32. The zero-order valence-corrected chi connectivity index (χ0v) is 16.0. The van der Waals surface area contributed by atoms with Crippen LogP contribution in [0.5, 0.6) is 5.75 Å². The largest absolute Gasteiger partial charge is 0.497 e. The van der Waals surface area contributed by atoms with Crippen molar-refractivity contribution in [3.8, 4) is 17.0 Å². The van der Waals surface area contributed by atoms with Gasteiger partial charge in [-0.05, 0) is 50.2 Å². The molecule has 1 N–H and O–H groups in total. The lowest BCUT2D eigenvalue weighted by molar-refractivity contribution is 0.226. The number of methoxy groups -OCH3 is 1. The van der Waals surface area contributed by atoms with E-state index in [-0.39, 0.29) is 0 Å². The Kier molecular flexibility index (Phi) is 5.21. The van der Waals surface area contributed by atoms with Crippen LogP contribution in [0.3, 0.4) is 0 Å². The molecule has 2 heterocycles. The predicted molar refractivity (Wildman–Crippen MR) is 110 cm³/mol. The lowest BCUT2D eigenvalue weighted by Crippen LogP contribution is -2.42. The molecule has 140 valence electrons. The molecule has 1 saturated heterocycles. The molecular weight excluding hydrogens is 336 g/mol. The maximum atomic E-state index is 5.26. The molecule has 2 aromatic carbocycles. The second-order valence-electron chi connectivity index (χ2n) is 7.05. The van der Waals surface area contributed by atoms with Crippen LogP contribution in [0, 0.1) is 0 Å². The highest BCUT2D eigenvalue weighted by Gasteiger charge is 2.20. The molecule has 4 rings (SSSR count). The molecule has 1 unspecified atom stereocenters. The molecule has 0 spiro atoms. The number of likely N-dealkylation sites (tertiary alicyclic amines) is 1. The minimum Gasteiger partial charge on any atom is -0.497 e. The monoisotopic (exact) mass is 362 g/mol. The number of rotatable bonds is 5. The second-order valence-corrected chi connectivity index (χ2v) is 7.05. The van der Waals surface area contributed by atoms with E-state index in [2.05, 4.69) is 51.6 Å².